The van der Waals surface area contributed by atoms with Gasteiger partial charge in [-0.05, 0) is 24.1 Å². The summed E-state index contributed by atoms with van der Waals surface area (Å²) in [6.07, 6.45) is 0.919. The minimum atomic E-state index is -0.359. The molecule has 0 heterocycles. The summed E-state index contributed by atoms with van der Waals surface area (Å²) in [7, 11) is 2.70. The Labute approximate surface area is 75.1 Å². The van der Waals surface area contributed by atoms with Gasteiger partial charge in [0, 0.05) is 0 Å². The van der Waals surface area contributed by atoms with Gasteiger partial charge in [-0.1, -0.05) is 19.1 Å². The van der Waals surface area contributed by atoms with Crippen LogP contribution in [0.15, 0.2) is 24.3 Å². The molecule has 0 aliphatic carbocycles. The van der Waals surface area contributed by atoms with Crippen LogP contribution in [0.5, 0.6) is 0 Å². The molecule has 0 amide bonds. The Morgan fingerprint density at radius 2 is 2.33 bits per heavy atom. The fourth-order valence-corrected chi connectivity index (χ4v) is 1.09. The number of carbonyl (C=O) groups is 1. The van der Waals surface area contributed by atoms with Crippen LogP contribution in [0.25, 0.3) is 0 Å². The highest BCUT2D eigenvalue weighted by atomic mass is 28.2. The van der Waals surface area contributed by atoms with Crippen molar-refractivity contribution in [2.45, 2.75) is 13.3 Å². The Bertz CT molecular complexity index is 284. The second-order valence-corrected chi connectivity index (χ2v) is 2.65. The van der Waals surface area contributed by atoms with Crippen molar-refractivity contribution in [3.8, 4) is 0 Å². The molecule has 0 aliphatic heterocycles. The van der Waals surface area contributed by atoms with Gasteiger partial charge in [-0.2, -0.15) is 0 Å². The van der Waals surface area contributed by atoms with Gasteiger partial charge in [0.1, 0.15) is 0 Å². The van der Waals surface area contributed by atoms with Crippen molar-refractivity contribution < 1.29 is 9.22 Å². The van der Waals surface area contributed by atoms with Crippen LogP contribution in [-0.2, 0) is 10.8 Å². The number of hydrogen-bond donors (Lipinski definition) is 0. The van der Waals surface area contributed by atoms with E-state index < -0.39 is 0 Å². The third kappa shape index (κ3) is 1.95. The molecule has 61 valence electrons. The fourth-order valence-electron chi connectivity index (χ4n) is 0.977. The smallest absolute Gasteiger partial charge is 0.345 e. The van der Waals surface area contributed by atoms with Crippen LogP contribution in [0, 0.1) is 0 Å². The summed E-state index contributed by atoms with van der Waals surface area (Å²) >= 11 is 0. The highest BCUT2D eigenvalue weighted by Gasteiger charge is 2.03. The first-order valence-corrected chi connectivity index (χ1v) is 4.15. The number of hydrogen-bond acceptors (Lipinski definition) is 2. The van der Waals surface area contributed by atoms with E-state index >= 15 is 0 Å². The Balaban J connectivity index is 2.93. The SMILES string of the molecule is CCc1cccc(C(=O)O[Si])c1. The third-order valence-electron chi connectivity index (χ3n) is 1.66. The third-order valence-corrected chi connectivity index (χ3v) is 1.85. The standard InChI is InChI=1S/C9H9O2Si/c1-2-7-4-3-5-8(6-7)9(10)11-12/h3-6H,2H2,1H3. The molecular formula is C9H9O2Si. The lowest BCUT2D eigenvalue weighted by Gasteiger charge is -2.00. The normalized spacial score (nSPS) is 9.50. The maximum absolute atomic E-state index is 11.0. The zero-order valence-corrected chi connectivity index (χ0v) is 7.83. The Morgan fingerprint density at radius 3 is 2.92 bits per heavy atom. The zero-order chi connectivity index (χ0) is 8.97. The largest absolute Gasteiger partial charge is 0.513 e. The average Bonchev–Trinajstić information content (AvgIpc) is 2.17. The Morgan fingerprint density at radius 1 is 1.58 bits per heavy atom. The first-order valence-electron chi connectivity index (χ1n) is 3.74. The van der Waals surface area contributed by atoms with Crippen LogP contribution < -0.4 is 0 Å². The molecule has 0 spiro atoms. The zero-order valence-electron chi connectivity index (χ0n) is 6.83. The first kappa shape index (κ1) is 9.00. The van der Waals surface area contributed by atoms with E-state index in [9.17, 15) is 4.79 Å². The molecule has 0 N–H and O–H groups in total. The molecule has 1 rings (SSSR count). The molecular weight excluding hydrogens is 168 g/mol. The van der Waals surface area contributed by atoms with E-state index in [2.05, 4.69) is 14.9 Å². The molecule has 0 atom stereocenters. The summed E-state index contributed by atoms with van der Waals surface area (Å²) < 4.78 is 4.40. The van der Waals surface area contributed by atoms with Gasteiger partial charge in [-0.15, -0.1) is 0 Å². The van der Waals surface area contributed by atoms with Crippen molar-refractivity contribution in [3.63, 3.8) is 0 Å². The number of aryl methyl sites for hydroxylation is 1. The van der Waals surface area contributed by atoms with Gasteiger partial charge in [0.25, 0.3) is 0 Å². The summed E-state index contributed by atoms with van der Waals surface area (Å²) in [5, 5.41) is 0. The van der Waals surface area contributed by atoms with Gasteiger partial charge in [0.05, 0.1) is 5.56 Å². The second-order valence-electron chi connectivity index (χ2n) is 2.44. The lowest BCUT2D eigenvalue weighted by atomic mass is 10.1. The molecule has 0 aliphatic rings. The highest BCUT2D eigenvalue weighted by Crippen LogP contribution is 2.06. The topological polar surface area (TPSA) is 26.3 Å². The van der Waals surface area contributed by atoms with Crippen LogP contribution >= 0.6 is 0 Å². The van der Waals surface area contributed by atoms with E-state index in [-0.39, 0.29) is 5.97 Å². The Hall–Kier alpha value is -1.09. The van der Waals surface area contributed by atoms with E-state index in [1.165, 1.54) is 0 Å². The van der Waals surface area contributed by atoms with Gasteiger partial charge in [-0.3, -0.25) is 0 Å². The molecule has 0 fully saturated rings. The number of rotatable bonds is 2. The fraction of sp³-hybridized carbons (Fsp3) is 0.222. The van der Waals surface area contributed by atoms with Crippen LogP contribution in [0.4, 0.5) is 0 Å². The van der Waals surface area contributed by atoms with Crippen LogP contribution in [0.1, 0.15) is 22.8 Å². The van der Waals surface area contributed by atoms with Gasteiger partial charge < -0.3 is 4.43 Å². The minimum Gasteiger partial charge on any atom is -0.513 e. The van der Waals surface area contributed by atoms with Gasteiger partial charge >= 0.3 is 16.5 Å². The monoisotopic (exact) mass is 177 g/mol. The molecule has 3 heteroatoms. The van der Waals surface area contributed by atoms with Crippen molar-refractivity contribution in [1.82, 2.24) is 0 Å². The molecule has 0 saturated heterocycles. The summed E-state index contributed by atoms with van der Waals surface area (Å²) in [4.78, 5) is 11.0. The Kier molecular flexibility index (Phi) is 3.05. The van der Waals surface area contributed by atoms with Crippen molar-refractivity contribution >= 4 is 16.5 Å². The maximum atomic E-state index is 11.0. The van der Waals surface area contributed by atoms with Gasteiger partial charge in [0.2, 0.25) is 0 Å². The van der Waals surface area contributed by atoms with Gasteiger partial charge in [0.15, 0.2) is 0 Å². The molecule has 3 radical (unpaired) electrons. The van der Waals surface area contributed by atoms with Crippen LogP contribution in [-0.4, -0.2) is 16.5 Å². The summed E-state index contributed by atoms with van der Waals surface area (Å²) in [6, 6.07) is 7.37. The van der Waals surface area contributed by atoms with Crippen molar-refractivity contribution in [2.24, 2.45) is 0 Å². The van der Waals surface area contributed by atoms with Crippen LogP contribution in [0.2, 0.25) is 0 Å². The summed E-state index contributed by atoms with van der Waals surface area (Å²) in [6.45, 7) is 2.04. The number of carbonyl (C=O) groups excluding carboxylic acids is 1. The second kappa shape index (κ2) is 4.06. The van der Waals surface area contributed by atoms with E-state index in [0.717, 1.165) is 12.0 Å². The molecule has 2 nitrogen and oxygen atoms in total. The molecule has 1 aromatic carbocycles. The van der Waals surface area contributed by atoms with Crippen molar-refractivity contribution in [1.29, 1.82) is 0 Å². The summed E-state index contributed by atoms with van der Waals surface area (Å²) in [5.74, 6) is -0.359. The minimum absolute atomic E-state index is 0.359. The van der Waals surface area contributed by atoms with Crippen molar-refractivity contribution in [2.75, 3.05) is 0 Å². The average molecular weight is 177 g/mol. The lowest BCUT2D eigenvalue weighted by molar-refractivity contribution is 0.0749. The maximum Gasteiger partial charge on any atom is 0.345 e. The van der Waals surface area contributed by atoms with E-state index in [0.29, 0.717) is 5.56 Å². The predicted molar refractivity (Wildman–Crippen MR) is 47.0 cm³/mol. The van der Waals surface area contributed by atoms with E-state index in [1.807, 2.05) is 25.1 Å². The van der Waals surface area contributed by atoms with Gasteiger partial charge in [-0.25, -0.2) is 4.79 Å². The van der Waals surface area contributed by atoms with Crippen LogP contribution in [0.3, 0.4) is 0 Å². The predicted octanol–water partition coefficient (Wildman–Crippen LogP) is 1.49. The lowest BCUT2D eigenvalue weighted by Crippen LogP contribution is -2.02. The van der Waals surface area contributed by atoms with Crippen molar-refractivity contribution in [3.05, 3.63) is 35.4 Å². The molecule has 0 saturated carbocycles. The molecule has 0 bridgehead atoms. The molecule has 12 heavy (non-hydrogen) atoms. The summed E-state index contributed by atoms with van der Waals surface area (Å²) in [5.41, 5.74) is 1.70. The number of benzene rings is 1. The van der Waals surface area contributed by atoms with E-state index in [4.69, 9.17) is 0 Å². The molecule has 0 aromatic heterocycles. The quantitative estimate of drug-likeness (QED) is 0.640. The molecule has 0 unspecified atom stereocenters. The van der Waals surface area contributed by atoms with E-state index in [1.54, 1.807) is 6.07 Å². The highest BCUT2D eigenvalue weighted by molar-refractivity contribution is 6.09. The first-order chi connectivity index (χ1) is 5.77. The molecule has 1 aromatic rings.